The van der Waals surface area contributed by atoms with Crippen molar-refractivity contribution in [3.8, 4) is 34.1 Å². The van der Waals surface area contributed by atoms with Crippen LogP contribution in [0.15, 0.2) is 79.0 Å². The van der Waals surface area contributed by atoms with Gasteiger partial charge in [-0.3, -0.25) is 9.59 Å². The average molecular weight is 495 g/mol. The zero-order valence-corrected chi connectivity index (χ0v) is 19.7. The van der Waals surface area contributed by atoms with Crippen LogP contribution in [-0.4, -0.2) is 44.2 Å². The van der Waals surface area contributed by atoms with Crippen LogP contribution < -0.4 is 10.1 Å². The molecule has 37 heavy (non-hydrogen) atoms. The fourth-order valence-corrected chi connectivity index (χ4v) is 4.03. The van der Waals surface area contributed by atoms with Gasteiger partial charge in [-0.05, 0) is 65.7 Å². The van der Waals surface area contributed by atoms with E-state index >= 15 is 0 Å². The highest BCUT2D eigenvalue weighted by molar-refractivity contribution is 6.06. The van der Waals surface area contributed by atoms with Crippen molar-refractivity contribution in [1.82, 2.24) is 15.0 Å². The summed E-state index contributed by atoms with van der Waals surface area (Å²) in [5.41, 5.74) is 4.94. The zero-order chi connectivity index (χ0) is 25.9. The third-order valence-electron chi connectivity index (χ3n) is 5.84. The maximum atomic E-state index is 12.8. The van der Waals surface area contributed by atoms with Gasteiger partial charge < -0.3 is 25.3 Å². The standard InChI is InChI=1S/C28H22N4O5/c1-37-28-20(3-2-12-29-28)17-7-11-24(33)21(14-17)26-31-22-10-6-18(15-23(22)32-26)27(36)30-19-8-4-16(5-9-19)13-25(34)35/h2-12,14-15,33H,13H2,1H3,(H,30,36)(H,31,32)(H,34,35). The van der Waals surface area contributed by atoms with Gasteiger partial charge in [0.15, 0.2) is 0 Å². The third kappa shape index (κ3) is 4.96. The Morgan fingerprint density at radius 3 is 2.57 bits per heavy atom. The van der Waals surface area contributed by atoms with E-state index in [1.54, 1.807) is 74.0 Å². The number of benzene rings is 3. The number of ether oxygens (including phenoxy) is 1. The normalized spacial score (nSPS) is 10.8. The second-order valence-electron chi connectivity index (χ2n) is 8.33. The van der Waals surface area contributed by atoms with Crippen LogP contribution in [0.25, 0.3) is 33.5 Å². The summed E-state index contributed by atoms with van der Waals surface area (Å²) in [4.78, 5) is 35.7. The summed E-state index contributed by atoms with van der Waals surface area (Å²) in [7, 11) is 1.55. The van der Waals surface area contributed by atoms with Crippen molar-refractivity contribution in [2.75, 3.05) is 12.4 Å². The lowest BCUT2D eigenvalue weighted by atomic mass is 10.0. The largest absolute Gasteiger partial charge is 0.507 e. The van der Waals surface area contributed by atoms with Crippen molar-refractivity contribution in [3.63, 3.8) is 0 Å². The molecular formula is C28H22N4O5. The topological polar surface area (TPSA) is 137 Å². The van der Waals surface area contributed by atoms with Gasteiger partial charge in [-0.15, -0.1) is 0 Å². The molecule has 0 saturated heterocycles. The Morgan fingerprint density at radius 1 is 1.00 bits per heavy atom. The number of aliphatic carboxylic acids is 1. The van der Waals surface area contributed by atoms with Gasteiger partial charge in [-0.1, -0.05) is 18.2 Å². The number of rotatable bonds is 7. The first-order valence-corrected chi connectivity index (χ1v) is 11.4. The summed E-state index contributed by atoms with van der Waals surface area (Å²) in [6.45, 7) is 0. The Morgan fingerprint density at radius 2 is 1.81 bits per heavy atom. The molecule has 0 fully saturated rings. The number of phenolic OH excluding ortho intramolecular Hbond substituents is 1. The molecule has 184 valence electrons. The maximum absolute atomic E-state index is 12.8. The average Bonchev–Trinajstić information content (AvgIpc) is 3.33. The van der Waals surface area contributed by atoms with Gasteiger partial charge in [0.25, 0.3) is 5.91 Å². The number of nitrogens with zero attached hydrogens (tertiary/aromatic N) is 2. The number of amides is 1. The van der Waals surface area contributed by atoms with Crippen LogP contribution in [0.4, 0.5) is 5.69 Å². The highest BCUT2D eigenvalue weighted by atomic mass is 16.5. The molecule has 0 atom stereocenters. The summed E-state index contributed by atoms with van der Waals surface area (Å²) in [6.07, 6.45) is 1.56. The molecule has 1 amide bonds. The van der Waals surface area contributed by atoms with E-state index in [1.807, 2.05) is 12.1 Å². The van der Waals surface area contributed by atoms with Crippen LogP contribution in [0.3, 0.4) is 0 Å². The number of methoxy groups -OCH3 is 1. The Kier molecular flexibility index (Phi) is 6.25. The van der Waals surface area contributed by atoms with E-state index in [9.17, 15) is 14.7 Å². The number of aromatic amines is 1. The minimum atomic E-state index is -0.916. The van der Waals surface area contributed by atoms with Crippen molar-refractivity contribution >= 4 is 28.6 Å². The Labute approximate surface area is 211 Å². The first-order valence-electron chi connectivity index (χ1n) is 11.4. The molecule has 0 aliphatic carbocycles. The number of fused-ring (bicyclic) bond motifs is 1. The molecule has 0 unspecified atom stereocenters. The van der Waals surface area contributed by atoms with E-state index in [0.717, 1.165) is 11.1 Å². The smallest absolute Gasteiger partial charge is 0.307 e. The SMILES string of the molecule is COc1ncccc1-c1ccc(O)c(-c2nc3ccc(C(=O)Nc4ccc(CC(=O)O)cc4)cc3[nH]2)c1. The zero-order valence-electron chi connectivity index (χ0n) is 19.7. The summed E-state index contributed by atoms with van der Waals surface area (Å²) in [5, 5.41) is 22.3. The molecule has 0 spiro atoms. The van der Waals surface area contributed by atoms with Crippen LogP contribution in [0.5, 0.6) is 11.6 Å². The third-order valence-corrected chi connectivity index (χ3v) is 5.84. The molecule has 9 nitrogen and oxygen atoms in total. The van der Waals surface area contributed by atoms with E-state index < -0.39 is 5.97 Å². The predicted molar refractivity (Wildman–Crippen MR) is 139 cm³/mol. The molecule has 3 aromatic carbocycles. The van der Waals surface area contributed by atoms with E-state index in [2.05, 4.69) is 20.3 Å². The second kappa shape index (κ2) is 9.82. The molecular weight excluding hydrogens is 472 g/mol. The molecule has 0 bridgehead atoms. The maximum Gasteiger partial charge on any atom is 0.307 e. The molecule has 4 N–H and O–H groups in total. The minimum absolute atomic E-state index is 0.0509. The number of H-pyrrole nitrogens is 1. The lowest BCUT2D eigenvalue weighted by molar-refractivity contribution is -0.136. The van der Waals surface area contributed by atoms with Crippen molar-refractivity contribution in [2.24, 2.45) is 0 Å². The van der Waals surface area contributed by atoms with E-state index in [1.165, 1.54) is 0 Å². The first kappa shape index (κ1) is 23.6. The van der Waals surface area contributed by atoms with Gasteiger partial charge in [0.2, 0.25) is 5.88 Å². The fourth-order valence-electron chi connectivity index (χ4n) is 4.03. The molecule has 0 aliphatic rings. The Hall–Kier alpha value is -5.18. The summed E-state index contributed by atoms with van der Waals surface area (Å²) < 4.78 is 5.36. The van der Waals surface area contributed by atoms with Gasteiger partial charge in [-0.2, -0.15) is 0 Å². The van der Waals surface area contributed by atoms with Crippen molar-refractivity contribution in [1.29, 1.82) is 0 Å². The van der Waals surface area contributed by atoms with Crippen LogP contribution in [-0.2, 0) is 11.2 Å². The van der Waals surface area contributed by atoms with Crippen LogP contribution >= 0.6 is 0 Å². The van der Waals surface area contributed by atoms with Gasteiger partial charge in [0, 0.05) is 23.0 Å². The number of nitrogens with one attached hydrogen (secondary N) is 2. The molecule has 2 heterocycles. The molecule has 0 saturated carbocycles. The van der Waals surface area contributed by atoms with Crippen LogP contribution in [0, 0.1) is 0 Å². The second-order valence-corrected chi connectivity index (χ2v) is 8.33. The lowest BCUT2D eigenvalue weighted by Gasteiger charge is -2.09. The quantitative estimate of drug-likeness (QED) is 0.253. The minimum Gasteiger partial charge on any atom is -0.507 e. The van der Waals surface area contributed by atoms with Gasteiger partial charge in [0.05, 0.1) is 30.1 Å². The monoisotopic (exact) mass is 494 g/mol. The number of anilines is 1. The molecule has 9 heteroatoms. The van der Waals surface area contributed by atoms with Crippen molar-refractivity contribution in [2.45, 2.75) is 6.42 Å². The summed E-state index contributed by atoms with van der Waals surface area (Å²) in [6, 6.07) is 20.6. The highest BCUT2D eigenvalue weighted by Gasteiger charge is 2.15. The number of carboxylic acids is 1. The van der Waals surface area contributed by atoms with E-state index in [0.29, 0.717) is 45.1 Å². The van der Waals surface area contributed by atoms with Crippen LogP contribution in [0.2, 0.25) is 0 Å². The van der Waals surface area contributed by atoms with E-state index in [4.69, 9.17) is 9.84 Å². The van der Waals surface area contributed by atoms with Gasteiger partial charge in [0.1, 0.15) is 11.6 Å². The number of aromatic nitrogens is 3. The van der Waals surface area contributed by atoms with Gasteiger partial charge in [-0.25, -0.2) is 9.97 Å². The highest BCUT2D eigenvalue weighted by Crippen LogP contribution is 2.35. The number of hydrogen-bond donors (Lipinski definition) is 4. The number of hydrogen-bond acceptors (Lipinski definition) is 6. The summed E-state index contributed by atoms with van der Waals surface area (Å²) in [5.74, 6) is -0.270. The molecule has 0 radical (unpaired) electrons. The number of carbonyl (C=O) groups excluding carboxylic acids is 1. The molecule has 5 rings (SSSR count). The van der Waals surface area contributed by atoms with E-state index in [-0.39, 0.29) is 18.1 Å². The summed E-state index contributed by atoms with van der Waals surface area (Å²) >= 11 is 0. The number of aromatic hydroxyl groups is 1. The predicted octanol–water partition coefficient (Wildman–Crippen LogP) is 4.89. The van der Waals surface area contributed by atoms with Crippen molar-refractivity contribution < 1.29 is 24.5 Å². The van der Waals surface area contributed by atoms with Crippen molar-refractivity contribution in [3.05, 3.63) is 90.1 Å². The molecule has 0 aliphatic heterocycles. The number of carboxylic acid groups (broad SMARTS) is 1. The molecule has 2 aromatic heterocycles. The fraction of sp³-hybridized carbons (Fsp3) is 0.0714. The van der Waals surface area contributed by atoms with Crippen LogP contribution in [0.1, 0.15) is 15.9 Å². The number of pyridine rings is 1. The van der Waals surface area contributed by atoms with Gasteiger partial charge >= 0.3 is 5.97 Å². The lowest BCUT2D eigenvalue weighted by Crippen LogP contribution is -2.11. The number of imidazole rings is 1. The molecule has 5 aromatic rings. The first-order chi connectivity index (χ1) is 17.9. The number of carbonyl (C=O) groups is 2. The Balaban J connectivity index is 1.41. The Bertz CT molecular complexity index is 1630. The number of phenols is 1.